The normalized spacial score (nSPS) is 25.3. The van der Waals surface area contributed by atoms with Crippen LogP contribution in [0, 0.1) is 17.3 Å². The average Bonchev–Trinajstić information content (AvgIpc) is 3.39. The summed E-state index contributed by atoms with van der Waals surface area (Å²) in [4.78, 5) is 8.00. The highest BCUT2D eigenvalue weighted by Gasteiger charge is 2.49. The largest absolute Gasteiger partial charge is 0.508 e. The summed E-state index contributed by atoms with van der Waals surface area (Å²) in [5.74, 6) is 2.25. The molecule has 22 heavy (non-hydrogen) atoms. The number of rotatable bonds is 0. The van der Waals surface area contributed by atoms with E-state index in [1.54, 1.807) is 29.8 Å². The van der Waals surface area contributed by atoms with E-state index in [9.17, 15) is 0 Å². The van der Waals surface area contributed by atoms with Crippen molar-refractivity contribution < 1.29 is 14.6 Å². The molecule has 1 saturated carbocycles. The van der Waals surface area contributed by atoms with Crippen molar-refractivity contribution in [3.8, 4) is 5.75 Å². The van der Waals surface area contributed by atoms with Gasteiger partial charge in [0.15, 0.2) is 0 Å². The first-order valence-corrected chi connectivity index (χ1v) is 7.79. The molecule has 0 spiro atoms. The van der Waals surface area contributed by atoms with Crippen LogP contribution in [-0.4, -0.2) is 25.1 Å². The molecule has 3 heteroatoms. The van der Waals surface area contributed by atoms with Crippen molar-refractivity contribution in [1.82, 2.24) is 0 Å². The zero-order valence-electron chi connectivity index (χ0n) is 13.9. The summed E-state index contributed by atoms with van der Waals surface area (Å²) in [5, 5.41) is 8.63. The number of carbonyl (C=O) groups is 1. The topological polar surface area (TPSA) is 49.8 Å². The number of phenols is 1. The maximum atomic E-state index is 8.63. The third kappa shape index (κ3) is 5.30. The first-order valence-electron chi connectivity index (χ1n) is 7.79. The first kappa shape index (κ1) is 18.4. The molecule has 0 radical (unpaired) electrons. The van der Waals surface area contributed by atoms with E-state index in [4.69, 9.17) is 9.90 Å². The minimum absolute atomic E-state index is 0.322. The summed E-state index contributed by atoms with van der Waals surface area (Å²) in [5.41, 5.74) is 2.28. The van der Waals surface area contributed by atoms with Crippen LogP contribution in [0.3, 0.4) is 0 Å². The van der Waals surface area contributed by atoms with Crippen LogP contribution in [-0.2, 0) is 9.53 Å². The maximum absolute atomic E-state index is 8.63. The number of allylic oxidation sites excluding steroid dienone is 2. The Hall–Kier alpha value is -1.61. The van der Waals surface area contributed by atoms with Gasteiger partial charge in [-0.3, -0.25) is 0 Å². The summed E-state index contributed by atoms with van der Waals surface area (Å²) in [6.07, 6.45) is 5.24. The Kier molecular flexibility index (Phi) is 7.33. The highest BCUT2D eigenvalue weighted by Crippen LogP contribution is 2.58. The van der Waals surface area contributed by atoms with E-state index in [0.717, 1.165) is 25.0 Å². The molecular weight excluding hydrogens is 276 g/mol. The van der Waals surface area contributed by atoms with Crippen LogP contribution in [0.2, 0.25) is 0 Å². The molecule has 122 valence electrons. The Morgan fingerprint density at radius 3 is 1.95 bits per heavy atom. The van der Waals surface area contributed by atoms with E-state index in [-0.39, 0.29) is 0 Å². The number of hydrogen-bond acceptors (Lipinski definition) is 3. The van der Waals surface area contributed by atoms with Crippen LogP contribution in [0.25, 0.3) is 0 Å². The molecule has 1 aliphatic heterocycles. The summed E-state index contributed by atoms with van der Waals surface area (Å²) >= 11 is 0. The number of hydrogen-bond donors (Lipinski definition) is 1. The number of para-hydroxylation sites is 1. The van der Waals surface area contributed by atoms with Gasteiger partial charge >= 0.3 is 0 Å². The minimum Gasteiger partial charge on any atom is -0.508 e. The van der Waals surface area contributed by atoms with Gasteiger partial charge in [0.1, 0.15) is 12.5 Å². The van der Waals surface area contributed by atoms with E-state index in [2.05, 4.69) is 31.6 Å². The van der Waals surface area contributed by atoms with Gasteiger partial charge in [0.25, 0.3) is 0 Å². The van der Waals surface area contributed by atoms with Gasteiger partial charge in [-0.2, -0.15) is 0 Å². The second kappa shape index (κ2) is 8.74. The summed E-state index contributed by atoms with van der Waals surface area (Å²) in [7, 11) is 0. The fourth-order valence-corrected chi connectivity index (χ4v) is 3.09. The first-order chi connectivity index (χ1) is 10.5. The van der Waals surface area contributed by atoms with Gasteiger partial charge in [-0.15, -0.1) is 0 Å². The predicted octanol–water partition coefficient (Wildman–Crippen LogP) is 4.22. The second-order valence-electron chi connectivity index (χ2n) is 6.44. The second-order valence-corrected chi connectivity index (χ2v) is 6.44. The lowest BCUT2D eigenvalue weighted by molar-refractivity contribution is -0.0979. The van der Waals surface area contributed by atoms with Crippen molar-refractivity contribution in [3.63, 3.8) is 0 Å². The Morgan fingerprint density at radius 2 is 1.73 bits per heavy atom. The molecule has 3 aliphatic carbocycles. The molecule has 2 atom stereocenters. The van der Waals surface area contributed by atoms with Crippen molar-refractivity contribution in [3.05, 3.63) is 42.0 Å². The molecule has 1 N–H and O–H groups in total. The fourth-order valence-electron chi connectivity index (χ4n) is 3.09. The van der Waals surface area contributed by atoms with E-state index in [1.807, 2.05) is 12.9 Å². The van der Waals surface area contributed by atoms with Gasteiger partial charge in [-0.05, 0) is 49.1 Å². The number of carbonyl (C=O) groups excluding carboxylic acids is 1. The SMILES string of the molecule is C1CO1.C=O.CC1=CCC2CC1C2(C)C.Oc1ccccc1. The molecule has 1 aromatic rings. The molecular formula is C19H28O3. The zero-order valence-corrected chi connectivity index (χ0v) is 13.9. The third-order valence-corrected chi connectivity index (χ3v) is 4.70. The number of aromatic hydroxyl groups is 1. The van der Waals surface area contributed by atoms with Crippen molar-refractivity contribution in [1.29, 1.82) is 0 Å². The van der Waals surface area contributed by atoms with Gasteiger partial charge < -0.3 is 14.6 Å². The molecule has 4 aliphatic rings. The molecule has 2 unspecified atom stereocenters. The zero-order chi connectivity index (χ0) is 16.6. The molecule has 1 aromatic carbocycles. The van der Waals surface area contributed by atoms with Crippen LogP contribution in [0.5, 0.6) is 5.75 Å². The van der Waals surface area contributed by atoms with Gasteiger partial charge in [0.05, 0.1) is 13.2 Å². The molecule has 1 heterocycles. The number of phenolic OH excluding ortho intramolecular Hbond substituents is 1. The molecule has 3 nitrogen and oxygen atoms in total. The van der Waals surface area contributed by atoms with E-state index in [1.165, 1.54) is 12.8 Å². The molecule has 0 aromatic heterocycles. The van der Waals surface area contributed by atoms with E-state index >= 15 is 0 Å². The highest BCUT2D eigenvalue weighted by atomic mass is 16.6. The van der Waals surface area contributed by atoms with Crippen LogP contribution in [0.1, 0.15) is 33.6 Å². The van der Waals surface area contributed by atoms with E-state index in [0.29, 0.717) is 11.2 Å². The fraction of sp³-hybridized carbons (Fsp3) is 0.526. The number of epoxide rings is 1. The Bertz CT molecular complexity index is 460. The number of benzene rings is 1. The number of fused-ring (bicyclic) bond motifs is 1. The maximum Gasteiger partial charge on any atom is 0.115 e. The summed E-state index contributed by atoms with van der Waals surface area (Å²) in [6.45, 7) is 11.1. The van der Waals surface area contributed by atoms with Gasteiger partial charge in [-0.25, -0.2) is 0 Å². The van der Waals surface area contributed by atoms with Gasteiger partial charge in [-0.1, -0.05) is 43.7 Å². The quantitative estimate of drug-likeness (QED) is 0.576. The predicted molar refractivity (Wildman–Crippen MR) is 89.8 cm³/mol. The van der Waals surface area contributed by atoms with Crippen molar-refractivity contribution in [2.45, 2.75) is 33.6 Å². The lowest BCUT2D eigenvalue weighted by Gasteiger charge is -2.56. The van der Waals surface area contributed by atoms with Crippen molar-refractivity contribution in [2.75, 3.05) is 13.2 Å². The Labute approximate surface area is 134 Å². The summed E-state index contributed by atoms with van der Waals surface area (Å²) in [6, 6.07) is 8.71. The van der Waals surface area contributed by atoms with Crippen LogP contribution >= 0.6 is 0 Å². The lowest BCUT2D eigenvalue weighted by Crippen LogP contribution is -2.47. The minimum atomic E-state index is 0.322. The molecule has 2 bridgehead atoms. The van der Waals surface area contributed by atoms with Crippen molar-refractivity contribution in [2.24, 2.45) is 17.3 Å². The monoisotopic (exact) mass is 304 g/mol. The highest BCUT2D eigenvalue weighted by molar-refractivity contribution is 5.21. The molecule has 5 rings (SSSR count). The average molecular weight is 304 g/mol. The van der Waals surface area contributed by atoms with Crippen molar-refractivity contribution >= 4 is 6.79 Å². The number of ether oxygens (including phenoxy) is 1. The summed E-state index contributed by atoms with van der Waals surface area (Å²) < 4.78 is 4.50. The van der Waals surface area contributed by atoms with Crippen LogP contribution in [0.15, 0.2) is 42.0 Å². The van der Waals surface area contributed by atoms with Gasteiger partial charge in [0, 0.05) is 0 Å². The standard InChI is InChI=1S/C10H16.C6H6O.C2H4O.CH2O/c1-7-4-5-8-6-9(7)10(8,2)3;7-6-4-2-1-3-5-6;1-2-3-1;1-2/h4,8-9H,5-6H2,1-3H3;1-5,7H;1-2H2;1H2. The molecule has 1 saturated heterocycles. The third-order valence-electron chi connectivity index (χ3n) is 4.70. The van der Waals surface area contributed by atoms with Crippen LogP contribution < -0.4 is 0 Å². The smallest absolute Gasteiger partial charge is 0.115 e. The van der Waals surface area contributed by atoms with E-state index < -0.39 is 0 Å². The van der Waals surface area contributed by atoms with Crippen LogP contribution in [0.4, 0.5) is 0 Å². The van der Waals surface area contributed by atoms with Gasteiger partial charge in [0.2, 0.25) is 0 Å². The Morgan fingerprint density at radius 1 is 1.18 bits per heavy atom. The molecule has 0 amide bonds. The molecule has 2 fully saturated rings. The lowest BCUT2D eigenvalue weighted by atomic mass is 9.49. The Balaban J connectivity index is 0.000000175.